The molecule has 0 bridgehead atoms. The van der Waals surface area contributed by atoms with E-state index in [4.69, 9.17) is 32.8 Å². The number of carboxylic acids is 1. The van der Waals surface area contributed by atoms with Crippen LogP contribution in [0.1, 0.15) is 91.9 Å². The Balaban J connectivity index is 0.00000152. The van der Waals surface area contributed by atoms with E-state index < -0.39 is 12.1 Å². The minimum absolute atomic E-state index is 0.248. The zero-order chi connectivity index (χ0) is 47.7. The Morgan fingerprint density at radius 2 is 0.712 bits per heavy atom. The van der Waals surface area contributed by atoms with Crippen molar-refractivity contribution in [2.75, 3.05) is 52.4 Å². The van der Waals surface area contributed by atoms with Crippen LogP contribution in [0.2, 0.25) is 0 Å². The predicted octanol–water partition coefficient (Wildman–Crippen LogP) is 6.41. The van der Waals surface area contributed by atoms with E-state index in [0.717, 1.165) is 51.9 Å². The molecule has 13 N–H and O–H groups in total. The smallest absolute Gasteiger partial charge is 0.475 e. The molecule has 0 unspecified atom stereocenters. The quantitative estimate of drug-likeness (QED) is 0.0191. The van der Waals surface area contributed by atoms with E-state index in [1.165, 1.54) is 54.4 Å². The molecule has 0 aliphatic carbocycles. The largest absolute Gasteiger partial charge is 0.490 e. The highest BCUT2D eigenvalue weighted by atomic mass is 19.4. The highest BCUT2D eigenvalue weighted by molar-refractivity contribution is 5.97. The lowest BCUT2D eigenvalue weighted by Gasteiger charge is -2.17. The van der Waals surface area contributed by atoms with Crippen LogP contribution in [0, 0.1) is 0 Å². The number of aliphatic carboxylic acids is 1. The van der Waals surface area contributed by atoms with Gasteiger partial charge in [0.25, 0.3) is 0 Å². The van der Waals surface area contributed by atoms with Gasteiger partial charge >= 0.3 is 12.1 Å². The van der Waals surface area contributed by atoms with Gasteiger partial charge in [-0.2, -0.15) is 13.2 Å². The van der Waals surface area contributed by atoms with Gasteiger partial charge in [0.2, 0.25) is 0 Å². The Bertz CT molecular complexity index is 1810. The third kappa shape index (κ3) is 24.0. The topological polar surface area (TPSA) is 239 Å². The number of carboxylic acid groups (broad SMARTS) is 1. The van der Waals surface area contributed by atoms with Gasteiger partial charge in [-0.15, -0.1) is 0 Å². The molecule has 4 aromatic rings. The second-order valence-corrected chi connectivity index (χ2v) is 15.4. The Hall–Kier alpha value is -6.46. The first kappa shape index (κ1) is 53.9. The molecular formula is C49H69F3N12O2. The molecule has 17 heteroatoms. The molecule has 0 spiro atoms. The van der Waals surface area contributed by atoms with Gasteiger partial charge in [0, 0.05) is 38.0 Å². The average Bonchev–Trinajstić information content (AvgIpc) is 3.31. The number of guanidine groups is 4. The first-order chi connectivity index (χ1) is 31.9. The summed E-state index contributed by atoms with van der Waals surface area (Å²) in [6.07, 6.45) is 4.45. The molecule has 0 aliphatic heterocycles. The van der Waals surface area contributed by atoms with Gasteiger partial charge in [0.15, 0.2) is 23.8 Å². The van der Waals surface area contributed by atoms with Crippen molar-refractivity contribution in [2.24, 2.45) is 42.9 Å². The van der Waals surface area contributed by atoms with Crippen LogP contribution in [0.4, 0.5) is 13.2 Å². The number of hydrogen-bond acceptors (Lipinski definition) is 7. The van der Waals surface area contributed by atoms with Crippen LogP contribution in [0.15, 0.2) is 141 Å². The van der Waals surface area contributed by atoms with Gasteiger partial charge in [-0.3, -0.25) is 30.6 Å². The number of unbranched alkanes of at least 4 members (excludes halogenated alkanes) is 4. The summed E-state index contributed by atoms with van der Waals surface area (Å²) in [6, 6.07) is 42.0. The standard InChI is InChI=1S/C47H68N12.C2HF3O2/c48-44(58-46(50)56-36-28-42(38-20-8-4-9-21-38)39-22-10-5-11-23-39)54-34-18-32-52-30-16-2-1-3-17-31-53-33-19-35-55-45(49)59-47(51)57-37-29-43(40-24-12-6-13-25-40)41-26-14-7-15-27-41;3-2(4,5)1(6)7/h4-15,20-27,42-43,52-53H,1-3,16-19,28-37H2,(H5,48,50,54,56,58)(H5,49,51,55,57,59);(H,6,7). The first-order valence-corrected chi connectivity index (χ1v) is 22.6. The van der Waals surface area contributed by atoms with Gasteiger partial charge in [-0.1, -0.05) is 141 Å². The third-order valence-electron chi connectivity index (χ3n) is 10.3. The van der Waals surface area contributed by atoms with E-state index in [0.29, 0.717) is 38.1 Å². The van der Waals surface area contributed by atoms with Gasteiger partial charge in [0.05, 0.1) is 0 Å². The lowest BCUT2D eigenvalue weighted by atomic mass is 9.89. The van der Waals surface area contributed by atoms with Gasteiger partial charge < -0.3 is 38.7 Å². The van der Waals surface area contributed by atoms with E-state index in [1.54, 1.807) is 0 Å². The highest BCUT2D eigenvalue weighted by Gasteiger charge is 2.38. The lowest BCUT2D eigenvalue weighted by Crippen LogP contribution is -2.42. The van der Waals surface area contributed by atoms with Crippen LogP contribution in [-0.2, 0) is 4.79 Å². The number of aliphatic imine (C=N–C) groups is 4. The molecule has 0 atom stereocenters. The molecule has 4 aromatic carbocycles. The van der Waals surface area contributed by atoms with Crippen molar-refractivity contribution in [3.8, 4) is 0 Å². The zero-order valence-electron chi connectivity index (χ0n) is 37.8. The maximum atomic E-state index is 10.6. The van der Waals surface area contributed by atoms with E-state index in [9.17, 15) is 13.2 Å². The van der Waals surface area contributed by atoms with E-state index >= 15 is 0 Å². The highest BCUT2D eigenvalue weighted by Crippen LogP contribution is 2.29. The summed E-state index contributed by atoms with van der Waals surface area (Å²) < 4.78 is 31.7. The maximum absolute atomic E-state index is 10.6. The molecule has 14 nitrogen and oxygen atoms in total. The fourth-order valence-electron chi connectivity index (χ4n) is 6.93. The van der Waals surface area contributed by atoms with Crippen molar-refractivity contribution in [2.45, 2.75) is 75.8 Å². The van der Waals surface area contributed by atoms with Crippen LogP contribution in [0.5, 0.6) is 0 Å². The Kier molecular flexibility index (Phi) is 26.3. The van der Waals surface area contributed by atoms with Crippen LogP contribution < -0.4 is 44.2 Å². The molecule has 4 rings (SSSR count). The van der Waals surface area contributed by atoms with Crippen molar-refractivity contribution < 1.29 is 23.1 Å². The summed E-state index contributed by atoms with van der Waals surface area (Å²) in [5.41, 5.74) is 29.4. The van der Waals surface area contributed by atoms with Gasteiger partial charge in [0.1, 0.15) is 0 Å². The monoisotopic (exact) mass is 915 g/mol. The molecule has 0 saturated carbocycles. The summed E-state index contributed by atoms with van der Waals surface area (Å²) in [6.45, 7) is 6.25. The summed E-state index contributed by atoms with van der Waals surface area (Å²) in [7, 11) is 0. The fourth-order valence-corrected chi connectivity index (χ4v) is 6.93. The fraction of sp³-hybridized carbons (Fsp3) is 0.408. The van der Waals surface area contributed by atoms with Crippen LogP contribution in [0.25, 0.3) is 0 Å². The van der Waals surface area contributed by atoms with E-state index in [1.807, 2.05) is 24.3 Å². The molecule has 0 saturated heterocycles. The summed E-state index contributed by atoms with van der Waals surface area (Å²) in [5.74, 6) is -1.09. The summed E-state index contributed by atoms with van der Waals surface area (Å²) in [5, 5.41) is 20.0. The molecule has 0 amide bonds. The Labute approximate surface area is 387 Å². The number of halogens is 3. The molecule has 0 fully saturated rings. The van der Waals surface area contributed by atoms with Gasteiger partial charge in [-0.25, -0.2) is 4.79 Å². The van der Waals surface area contributed by atoms with Crippen LogP contribution >= 0.6 is 0 Å². The molecule has 358 valence electrons. The second kappa shape index (κ2) is 32.2. The normalized spacial score (nSPS) is 12.5. The number of nitrogens with two attached hydrogens (primary N) is 4. The first-order valence-electron chi connectivity index (χ1n) is 22.6. The van der Waals surface area contributed by atoms with Crippen molar-refractivity contribution >= 4 is 29.8 Å². The third-order valence-corrected chi connectivity index (χ3v) is 10.3. The molecular weight excluding hydrogens is 846 g/mol. The summed E-state index contributed by atoms with van der Waals surface area (Å²) in [4.78, 5) is 26.7. The van der Waals surface area contributed by atoms with Crippen molar-refractivity contribution in [1.82, 2.24) is 21.3 Å². The molecule has 0 radical (unpaired) electrons. The number of carbonyl (C=O) groups is 1. The van der Waals surface area contributed by atoms with Gasteiger partial charge in [-0.05, 0) is 87.0 Å². The second-order valence-electron chi connectivity index (χ2n) is 15.4. The van der Waals surface area contributed by atoms with Crippen LogP contribution in [-0.4, -0.2) is 93.4 Å². The van der Waals surface area contributed by atoms with Crippen molar-refractivity contribution in [3.05, 3.63) is 144 Å². The Morgan fingerprint density at radius 3 is 1.00 bits per heavy atom. The van der Waals surface area contributed by atoms with E-state index in [2.05, 4.69) is 138 Å². The lowest BCUT2D eigenvalue weighted by molar-refractivity contribution is -0.192. The van der Waals surface area contributed by atoms with E-state index in [-0.39, 0.29) is 23.8 Å². The molecule has 0 aliphatic rings. The number of nitrogens with one attached hydrogen (secondary N) is 4. The minimum Gasteiger partial charge on any atom is -0.475 e. The SMILES string of the molecule is NC(=NCCCNCCCCCCCNCCCN=C(N)NC(N)=NCCC(c1ccccc1)c1ccccc1)NC(N)=NCCC(c1ccccc1)c1ccccc1.O=C(O)C(F)(F)F. The number of alkyl halides is 3. The number of nitrogens with zero attached hydrogens (tertiary/aromatic N) is 4. The molecule has 0 aromatic heterocycles. The minimum atomic E-state index is -5.08. The number of rotatable bonds is 26. The predicted molar refractivity (Wildman–Crippen MR) is 263 cm³/mol. The van der Waals surface area contributed by atoms with Crippen molar-refractivity contribution in [1.29, 1.82) is 0 Å². The zero-order valence-corrected chi connectivity index (χ0v) is 37.8. The average molecular weight is 915 g/mol. The molecule has 0 heterocycles. The van der Waals surface area contributed by atoms with Crippen LogP contribution in [0.3, 0.4) is 0 Å². The Morgan fingerprint density at radius 1 is 0.455 bits per heavy atom. The number of hydrogen-bond donors (Lipinski definition) is 9. The summed E-state index contributed by atoms with van der Waals surface area (Å²) >= 11 is 0. The number of benzene rings is 4. The van der Waals surface area contributed by atoms with Crippen molar-refractivity contribution in [3.63, 3.8) is 0 Å². The maximum Gasteiger partial charge on any atom is 0.490 e. The molecule has 66 heavy (non-hydrogen) atoms.